The van der Waals surface area contributed by atoms with Gasteiger partial charge in [-0.1, -0.05) is 29.8 Å². The zero-order valence-corrected chi connectivity index (χ0v) is 12.9. The highest BCUT2D eigenvalue weighted by Gasteiger charge is 2.26. The van der Waals surface area contributed by atoms with E-state index in [4.69, 9.17) is 11.6 Å². The van der Waals surface area contributed by atoms with Crippen LogP contribution in [0.25, 0.3) is 5.03 Å². The fourth-order valence-electron chi connectivity index (χ4n) is 2.35. The topological polar surface area (TPSA) is 59.6 Å². The van der Waals surface area contributed by atoms with Crippen LogP contribution < -0.4 is 5.32 Å². The van der Waals surface area contributed by atoms with Crippen LogP contribution in [0.15, 0.2) is 52.9 Å². The van der Waals surface area contributed by atoms with E-state index in [1.807, 2.05) is 0 Å². The first-order valence-electron chi connectivity index (χ1n) is 6.60. The molecule has 0 aromatic heterocycles. The predicted molar refractivity (Wildman–Crippen MR) is 83.5 cm³/mol. The number of dihydropyridines is 1. The molecule has 1 aromatic carbocycles. The summed E-state index contributed by atoms with van der Waals surface area (Å²) in [7, 11) is 0. The number of halogens is 2. The molecule has 1 aromatic rings. The number of rotatable bonds is 2. The van der Waals surface area contributed by atoms with E-state index in [0.29, 0.717) is 33.1 Å². The highest BCUT2D eigenvalue weighted by molar-refractivity contribution is 6.48. The van der Waals surface area contributed by atoms with Gasteiger partial charge in [0, 0.05) is 16.4 Å². The number of nitrogens with zero attached hydrogens (tertiary/aromatic N) is 2. The van der Waals surface area contributed by atoms with E-state index in [1.54, 1.807) is 32.1 Å². The number of hydrogen-bond acceptors (Lipinski definition) is 3. The van der Waals surface area contributed by atoms with Crippen molar-refractivity contribution in [2.45, 2.75) is 13.8 Å². The van der Waals surface area contributed by atoms with Gasteiger partial charge in [0.25, 0.3) is 0 Å². The predicted octanol–water partition coefficient (Wildman–Crippen LogP) is 4.22. The number of benzene rings is 1. The van der Waals surface area contributed by atoms with Gasteiger partial charge in [-0.2, -0.15) is 10.5 Å². The molecule has 0 fully saturated rings. The van der Waals surface area contributed by atoms with Gasteiger partial charge < -0.3 is 5.32 Å². The first-order valence-corrected chi connectivity index (χ1v) is 6.97. The molecular weight excluding hydrogens is 301 g/mol. The Balaban J connectivity index is 2.49. The zero-order valence-electron chi connectivity index (χ0n) is 12.1. The minimum absolute atomic E-state index is 0.350. The number of allylic oxidation sites excluding steroid dienone is 5. The first kappa shape index (κ1) is 15.8. The van der Waals surface area contributed by atoms with Gasteiger partial charge in [0.15, 0.2) is 0 Å². The molecule has 22 heavy (non-hydrogen) atoms. The minimum atomic E-state index is -0.506. The van der Waals surface area contributed by atoms with Gasteiger partial charge in [0.05, 0.1) is 29.2 Å². The Morgan fingerprint density at radius 3 is 2.09 bits per heavy atom. The number of nitrogens with one attached hydrogen (secondary N) is 1. The molecule has 5 heteroatoms. The van der Waals surface area contributed by atoms with E-state index in [-0.39, 0.29) is 5.82 Å². The van der Waals surface area contributed by atoms with Gasteiger partial charge in [-0.05, 0) is 31.5 Å². The molecule has 110 valence electrons. The maximum Gasteiger partial charge on any atom is 0.123 e. The SMILES string of the molecule is CC1=C(C#N)C(/C=C(\Cl)c2ccc(F)cc2)C(C#N)=C(C)N1. The van der Waals surface area contributed by atoms with Crippen LogP contribution in [0, 0.1) is 34.4 Å². The molecule has 0 bridgehead atoms. The van der Waals surface area contributed by atoms with Crippen molar-refractivity contribution < 1.29 is 4.39 Å². The lowest BCUT2D eigenvalue weighted by Gasteiger charge is -2.24. The third kappa shape index (κ3) is 3.03. The second kappa shape index (κ2) is 6.47. The standard InChI is InChI=1S/C17H13ClFN3/c1-10-15(8-20)14(16(9-21)11(2)22-10)7-17(18)12-3-5-13(19)6-4-12/h3-7,14,22H,1-2H3/b17-7-. The molecule has 0 unspecified atom stereocenters. The minimum Gasteiger partial charge on any atom is -0.361 e. The maximum atomic E-state index is 13.0. The summed E-state index contributed by atoms with van der Waals surface area (Å²) >= 11 is 6.29. The van der Waals surface area contributed by atoms with Crippen molar-refractivity contribution in [3.8, 4) is 12.1 Å². The van der Waals surface area contributed by atoms with E-state index in [0.717, 1.165) is 0 Å². The Bertz CT molecular complexity index is 738. The number of hydrogen-bond donors (Lipinski definition) is 1. The molecule has 1 aliphatic rings. The van der Waals surface area contributed by atoms with Crippen LogP contribution in [0.3, 0.4) is 0 Å². The Labute approximate surface area is 133 Å². The van der Waals surface area contributed by atoms with Crippen molar-refractivity contribution in [2.75, 3.05) is 0 Å². The fourth-order valence-corrected chi connectivity index (χ4v) is 2.60. The molecule has 2 rings (SSSR count). The quantitative estimate of drug-likeness (QED) is 0.889. The monoisotopic (exact) mass is 313 g/mol. The van der Waals surface area contributed by atoms with Crippen molar-refractivity contribution in [3.05, 3.63) is 64.3 Å². The van der Waals surface area contributed by atoms with Crippen LogP contribution in [0.1, 0.15) is 19.4 Å². The third-order valence-electron chi connectivity index (χ3n) is 3.48. The molecule has 0 spiro atoms. The molecule has 1 N–H and O–H groups in total. The summed E-state index contributed by atoms with van der Waals surface area (Å²) in [5, 5.41) is 22.1. The van der Waals surface area contributed by atoms with Gasteiger partial charge in [-0.3, -0.25) is 0 Å². The molecule has 0 aliphatic carbocycles. The molecule has 3 nitrogen and oxygen atoms in total. The lowest BCUT2D eigenvalue weighted by Crippen LogP contribution is -2.23. The van der Waals surface area contributed by atoms with Gasteiger partial charge in [-0.25, -0.2) is 4.39 Å². The van der Waals surface area contributed by atoms with Gasteiger partial charge in [-0.15, -0.1) is 0 Å². The van der Waals surface area contributed by atoms with Gasteiger partial charge >= 0.3 is 0 Å². The van der Waals surface area contributed by atoms with E-state index in [1.165, 1.54) is 12.1 Å². The average Bonchev–Trinajstić information content (AvgIpc) is 2.48. The van der Waals surface area contributed by atoms with Gasteiger partial charge in [0.2, 0.25) is 0 Å². The summed E-state index contributed by atoms with van der Waals surface area (Å²) in [4.78, 5) is 0. The highest BCUT2D eigenvalue weighted by Crippen LogP contribution is 2.33. The summed E-state index contributed by atoms with van der Waals surface area (Å²) in [6.45, 7) is 3.56. The normalized spacial score (nSPS) is 16.2. The summed E-state index contributed by atoms with van der Waals surface area (Å²) in [5.41, 5.74) is 2.92. The van der Waals surface area contributed by atoms with Crippen molar-refractivity contribution in [3.63, 3.8) is 0 Å². The van der Waals surface area contributed by atoms with E-state index < -0.39 is 5.92 Å². The summed E-state index contributed by atoms with van der Waals surface area (Å²) < 4.78 is 13.0. The molecule has 0 radical (unpaired) electrons. The van der Waals surface area contributed by atoms with Crippen molar-refractivity contribution in [1.29, 1.82) is 10.5 Å². The highest BCUT2D eigenvalue weighted by atomic mass is 35.5. The lowest BCUT2D eigenvalue weighted by molar-refractivity contribution is 0.627. The van der Waals surface area contributed by atoms with E-state index in [2.05, 4.69) is 17.5 Å². The third-order valence-corrected chi connectivity index (χ3v) is 3.82. The summed E-state index contributed by atoms with van der Waals surface area (Å²) in [5.74, 6) is -0.856. The number of nitriles is 2. The molecule has 1 heterocycles. The van der Waals surface area contributed by atoms with Crippen LogP contribution >= 0.6 is 11.6 Å². The Morgan fingerprint density at radius 1 is 1.14 bits per heavy atom. The molecule has 0 atom stereocenters. The molecule has 0 saturated carbocycles. The average molecular weight is 314 g/mol. The van der Waals surface area contributed by atoms with Crippen LogP contribution in [-0.2, 0) is 0 Å². The summed E-state index contributed by atoms with van der Waals surface area (Å²) in [6.07, 6.45) is 1.65. The lowest BCUT2D eigenvalue weighted by atomic mass is 9.86. The molecule has 0 saturated heterocycles. The zero-order chi connectivity index (χ0) is 16.3. The van der Waals surface area contributed by atoms with Crippen molar-refractivity contribution >= 4 is 16.6 Å². The fraction of sp³-hybridized carbons (Fsp3) is 0.176. The Hall–Kier alpha value is -2.56. The largest absolute Gasteiger partial charge is 0.361 e. The van der Waals surface area contributed by atoms with Crippen molar-refractivity contribution in [2.24, 2.45) is 5.92 Å². The summed E-state index contributed by atoms with van der Waals surface area (Å²) in [6, 6.07) is 9.98. The Kier molecular flexibility index (Phi) is 4.65. The maximum absolute atomic E-state index is 13.0. The van der Waals surface area contributed by atoms with Crippen LogP contribution in [0.4, 0.5) is 4.39 Å². The Morgan fingerprint density at radius 2 is 1.64 bits per heavy atom. The second-order valence-corrected chi connectivity index (χ2v) is 5.33. The van der Waals surface area contributed by atoms with E-state index in [9.17, 15) is 14.9 Å². The van der Waals surface area contributed by atoms with Crippen LogP contribution in [0.5, 0.6) is 0 Å². The van der Waals surface area contributed by atoms with Crippen LogP contribution in [0.2, 0.25) is 0 Å². The molecule has 0 amide bonds. The molecular formula is C17H13ClFN3. The van der Waals surface area contributed by atoms with E-state index >= 15 is 0 Å². The van der Waals surface area contributed by atoms with Crippen molar-refractivity contribution in [1.82, 2.24) is 5.32 Å². The van der Waals surface area contributed by atoms with Crippen LogP contribution in [-0.4, -0.2) is 0 Å². The smallest absolute Gasteiger partial charge is 0.123 e. The molecule has 1 aliphatic heterocycles. The second-order valence-electron chi connectivity index (χ2n) is 4.93. The van der Waals surface area contributed by atoms with Gasteiger partial charge in [0.1, 0.15) is 5.82 Å². The first-order chi connectivity index (χ1) is 10.5.